The number of hydrogen-bond donors (Lipinski definition) is 1. The molecule has 1 fully saturated rings. The summed E-state index contributed by atoms with van der Waals surface area (Å²) in [6.45, 7) is 2.39. The van der Waals surface area contributed by atoms with Gasteiger partial charge >= 0.3 is 6.18 Å². The Morgan fingerprint density at radius 3 is 2.82 bits per heavy atom. The normalized spacial score (nSPS) is 17.9. The van der Waals surface area contributed by atoms with Crippen LogP contribution in [0, 0.1) is 5.92 Å². The number of nitrogens with zero attached hydrogens (tertiary/aromatic N) is 3. The van der Waals surface area contributed by atoms with Crippen LogP contribution in [0.25, 0.3) is 0 Å². The molecule has 9 heteroatoms. The Hall–Kier alpha value is -1.74. The summed E-state index contributed by atoms with van der Waals surface area (Å²) in [5.41, 5.74) is -0.810. The van der Waals surface area contributed by atoms with Crippen molar-refractivity contribution in [1.82, 2.24) is 15.2 Å². The molecule has 1 aromatic carbocycles. The highest BCUT2D eigenvalue weighted by molar-refractivity contribution is 7.99. The maximum atomic E-state index is 12.6. The minimum atomic E-state index is -4.37. The van der Waals surface area contributed by atoms with Crippen molar-refractivity contribution in [3.63, 3.8) is 0 Å². The van der Waals surface area contributed by atoms with Gasteiger partial charge < -0.3 is 10.2 Å². The summed E-state index contributed by atoms with van der Waals surface area (Å²) in [5, 5.41) is 4.81. The van der Waals surface area contributed by atoms with Crippen LogP contribution in [0.1, 0.15) is 17.1 Å². The Kier molecular flexibility index (Phi) is 7.23. The van der Waals surface area contributed by atoms with Crippen LogP contribution in [0.5, 0.6) is 0 Å². The summed E-state index contributed by atoms with van der Waals surface area (Å²) in [4.78, 5) is 11.5. The van der Waals surface area contributed by atoms with Gasteiger partial charge in [-0.15, -0.1) is 23.1 Å². The fraction of sp³-hybridized carbons (Fsp3) is 0.474. The van der Waals surface area contributed by atoms with Crippen molar-refractivity contribution >= 4 is 29.1 Å². The molecule has 1 unspecified atom stereocenters. The Balaban J connectivity index is 1.42. The van der Waals surface area contributed by atoms with Crippen LogP contribution in [-0.2, 0) is 12.6 Å². The summed E-state index contributed by atoms with van der Waals surface area (Å²) in [5.74, 6) is 2.47. The van der Waals surface area contributed by atoms with Crippen LogP contribution >= 0.6 is 23.1 Å². The van der Waals surface area contributed by atoms with E-state index in [1.807, 2.05) is 17.8 Å². The molecule has 4 nitrogen and oxygen atoms in total. The van der Waals surface area contributed by atoms with Crippen molar-refractivity contribution < 1.29 is 13.2 Å². The van der Waals surface area contributed by atoms with Crippen molar-refractivity contribution in [2.24, 2.45) is 10.9 Å². The first-order valence-corrected chi connectivity index (χ1v) is 11.0. The molecule has 0 aliphatic carbocycles. The molecule has 1 aliphatic rings. The molecule has 152 valence electrons. The Bertz CT molecular complexity index is 777. The molecule has 0 bridgehead atoms. The number of hydrogen-bond acceptors (Lipinski definition) is 4. The zero-order chi connectivity index (χ0) is 20.0. The Labute approximate surface area is 171 Å². The van der Waals surface area contributed by atoms with Gasteiger partial charge in [0.1, 0.15) is 0 Å². The first-order chi connectivity index (χ1) is 13.5. The Morgan fingerprint density at radius 1 is 1.36 bits per heavy atom. The first-order valence-electron chi connectivity index (χ1n) is 9.10. The molecule has 1 aromatic heterocycles. The molecule has 1 N–H and O–H groups in total. The van der Waals surface area contributed by atoms with Gasteiger partial charge in [0, 0.05) is 49.1 Å². The number of rotatable bonds is 6. The maximum Gasteiger partial charge on any atom is 0.434 e. The van der Waals surface area contributed by atoms with Crippen molar-refractivity contribution in [3.8, 4) is 0 Å². The quantitative estimate of drug-likeness (QED) is 0.421. The first kappa shape index (κ1) is 21.0. The number of aromatic nitrogens is 1. The highest BCUT2D eigenvalue weighted by atomic mass is 32.2. The molecule has 0 saturated carbocycles. The minimum absolute atomic E-state index is 0.445. The summed E-state index contributed by atoms with van der Waals surface area (Å²) < 4.78 is 37.9. The van der Waals surface area contributed by atoms with E-state index in [1.165, 1.54) is 4.90 Å². The van der Waals surface area contributed by atoms with Gasteiger partial charge in [0.2, 0.25) is 0 Å². The van der Waals surface area contributed by atoms with E-state index < -0.39 is 11.9 Å². The molecule has 1 saturated heterocycles. The van der Waals surface area contributed by atoms with Crippen LogP contribution in [0.3, 0.4) is 0 Å². The number of alkyl halides is 3. The van der Waals surface area contributed by atoms with Gasteiger partial charge in [0.15, 0.2) is 11.7 Å². The zero-order valence-electron chi connectivity index (χ0n) is 15.6. The van der Waals surface area contributed by atoms with Crippen LogP contribution in [0.4, 0.5) is 13.2 Å². The number of guanidine groups is 1. The zero-order valence-corrected chi connectivity index (χ0v) is 17.2. The molecule has 0 amide bonds. The average Bonchev–Trinajstić information content (AvgIpc) is 3.34. The van der Waals surface area contributed by atoms with Gasteiger partial charge in [0.25, 0.3) is 0 Å². The smallest absolute Gasteiger partial charge is 0.356 e. The van der Waals surface area contributed by atoms with E-state index >= 15 is 0 Å². The topological polar surface area (TPSA) is 40.5 Å². The predicted molar refractivity (Wildman–Crippen MR) is 109 cm³/mol. The summed E-state index contributed by atoms with van der Waals surface area (Å²) in [6.07, 6.45) is -2.82. The van der Waals surface area contributed by atoms with Gasteiger partial charge in [-0.2, -0.15) is 13.2 Å². The SMILES string of the molecule is CN=C(NCCc1nc(C(F)(F)F)cs1)N1CCC(CSc2ccccc2)C1. The van der Waals surface area contributed by atoms with Crippen LogP contribution < -0.4 is 5.32 Å². The Morgan fingerprint density at radius 2 is 2.14 bits per heavy atom. The predicted octanol–water partition coefficient (Wildman–Crippen LogP) is 4.39. The van der Waals surface area contributed by atoms with E-state index in [0.717, 1.165) is 47.9 Å². The number of thioether (sulfide) groups is 1. The number of nitrogens with one attached hydrogen (secondary N) is 1. The standard InChI is InChI=1S/C19H23F3N4S2/c1-23-18(24-9-7-17-25-16(13-28-17)19(20,21)22)26-10-8-14(11-26)12-27-15-5-3-2-4-6-15/h2-6,13-14H,7-12H2,1H3,(H,23,24). The third-order valence-corrected chi connectivity index (χ3v) is 6.64. The fourth-order valence-corrected chi connectivity index (χ4v) is 4.92. The van der Waals surface area contributed by atoms with Crippen molar-refractivity contribution in [1.29, 1.82) is 0 Å². The lowest BCUT2D eigenvalue weighted by Crippen LogP contribution is -2.41. The van der Waals surface area contributed by atoms with Crippen LogP contribution in [-0.4, -0.2) is 48.3 Å². The third kappa shape index (κ3) is 5.88. The molecular formula is C19H23F3N4S2. The summed E-state index contributed by atoms with van der Waals surface area (Å²) in [7, 11) is 1.74. The van der Waals surface area contributed by atoms with E-state index in [-0.39, 0.29) is 0 Å². The second kappa shape index (κ2) is 9.65. The lowest BCUT2D eigenvalue weighted by atomic mass is 10.2. The number of aliphatic imine (C=N–C) groups is 1. The lowest BCUT2D eigenvalue weighted by molar-refractivity contribution is -0.140. The number of benzene rings is 1. The van der Waals surface area contributed by atoms with Crippen molar-refractivity contribution in [2.45, 2.75) is 23.9 Å². The second-order valence-corrected chi connectivity index (χ2v) is 8.61. The van der Waals surface area contributed by atoms with E-state index in [2.05, 4.69) is 44.5 Å². The monoisotopic (exact) mass is 428 g/mol. The largest absolute Gasteiger partial charge is 0.434 e. The van der Waals surface area contributed by atoms with Gasteiger partial charge in [-0.25, -0.2) is 4.98 Å². The molecule has 1 aliphatic heterocycles. The molecule has 1 atom stereocenters. The van der Waals surface area contributed by atoms with Crippen LogP contribution in [0.2, 0.25) is 0 Å². The van der Waals surface area contributed by atoms with E-state index in [4.69, 9.17) is 0 Å². The van der Waals surface area contributed by atoms with Crippen molar-refractivity contribution in [3.05, 3.63) is 46.4 Å². The number of likely N-dealkylation sites (tertiary alicyclic amines) is 1. The fourth-order valence-electron chi connectivity index (χ4n) is 3.06. The van der Waals surface area contributed by atoms with Gasteiger partial charge in [-0.3, -0.25) is 4.99 Å². The number of halogens is 3. The van der Waals surface area contributed by atoms with E-state index in [9.17, 15) is 13.2 Å². The molecular weight excluding hydrogens is 405 g/mol. The minimum Gasteiger partial charge on any atom is -0.356 e. The van der Waals surface area contributed by atoms with Gasteiger partial charge in [-0.05, 0) is 24.5 Å². The molecule has 28 heavy (non-hydrogen) atoms. The van der Waals surface area contributed by atoms with E-state index in [1.54, 1.807) is 7.05 Å². The molecule has 2 aromatic rings. The van der Waals surface area contributed by atoms with Gasteiger partial charge in [0.05, 0.1) is 5.01 Å². The van der Waals surface area contributed by atoms with Crippen LogP contribution in [0.15, 0.2) is 45.6 Å². The maximum absolute atomic E-state index is 12.6. The average molecular weight is 429 g/mol. The van der Waals surface area contributed by atoms with Gasteiger partial charge in [-0.1, -0.05) is 18.2 Å². The molecule has 0 radical (unpaired) electrons. The molecule has 2 heterocycles. The number of thiazole rings is 1. The third-order valence-electron chi connectivity index (χ3n) is 4.49. The lowest BCUT2D eigenvalue weighted by Gasteiger charge is -2.21. The highest BCUT2D eigenvalue weighted by Crippen LogP contribution is 2.30. The summed E-state index contributed by atoms with van der Waals surface area (Å²) in [6, 6.07) is 10.4. The highest BCUT2D eigenvalue weighted by Gasteiger charge is 2.33. The van der Waals surface area contributed by atoms with Crippen molar-refractivity contribution in [2.75, 3.05) is 32.4 Å². The molecule has 0 spiro atoms. The summed E-state index contributed by atoms with van der Waals surface area (Å²) >= 11 is 2.92. The molecule has 3 rings (SSSR count). The second-order valence-electron chi connectivity index (χ2n) is 6.57. The van der Waals surface area contributed by atoms with E-state index in [0.29, 0.717) is 23.9 Å².